The minimum absolute atomic E-state index is 0.137. The van der Waals surface area contributed by atoms with Crippen LogP contribution in [0.1, 0.15) is 29.9 Å². The molecule has 0 radical (unpaired) electrons. The number of H-pyrrole nitrogens is 1. The second-order valence-electron chi connectivity index (χ2n) is 5.73. The van der Waals surface area contributed by atoms with Crippen LogP contribution in [0, 0.1) is 3.57 Å². The highest BCUT2D eigenvalue weighted by atomic mass is 127. The number of aromatic amines is 1. The summed E-state index contributed by atoms with van der Waals surface area (Å²) in [7, 11) is 0. The predicted molar refractivity (Wildman–Crippen MR) is 112 cm³/mol. The summed E-state index contributed by atoms with van der Waals surface area (Å²) in [6.07, 6.45) is 0. The number of hydrogen-bond donors (Lipinski definition) is 1. The zero-order chi connectivity index (χ0) is 19.9. The summed E-state index contributed by atoms with van der Waals surface area (Å²) in [5.41, 5.74) is 2.30. The number of ether oxygens (including phenoxy) is 3. The molecule has 0 fully saturated rings. The molecule has 0 atom stereocenters. The third-order valence-corrected chi connectivity index (χ3v) is 4.63. The Labute approximate surface area is 176 Å². The fourth-order valence-electron chi connectivity index (χ4n) is 2.61. The molecule has 1 heterocycles. The van der Waals surface area contributed by atoms with Gasteiger partial charge in [-0.3, -0.25) is 0 Å². The van der Waals surface area contributed by atoms with E-state index in [1.807, 2.05) is 43.3 Å². The van der Waals surface area contributed by atoms with E-state index in [2.05, 4.69) is 38.0 Å². The van der Waals surface area contributed by atoms with Crippen molar-refractivity contribution in [1.82, 2.24) is 15.4 Å². The van der Waals surface area contributed by atoms with Crippen molar-refractivity contribution in [2.75, 3.05) is 13.2 Å². The number of hydrogen-bond acceptors (Lipinski definition) is 6. The molecule has 0 aliphatic carbocycles. The van der Waals surface area contributed by atoms with Gasteiger partial charge in [-0.15, -0.1) is 5.10 Å². The number of halogens is 1. The van der Waals surface area contributed by atoms with Gasteiger partial charge in [0.15, 0.2) is 17.2 Å². The maximum atomic E-state index is 12.1. The lowest BCUT2D eigenvalue weighted by Crippen LogP contribution is -2.07. The van der Waals surface area contributed by atoms with Crippen molar-refractivity contribution in [3.8, 4) is 22.8 Å². The number of esters is 1. The number of nitrogens with one attached hydrogen (secondary N) is 1. The van der Waals surface area contributed by atoms with Gasteiger partial charge in [-0.05, 0) is 54.1 Å². The minimum atomic E-state index is -0.524. The van der Waals surface area contributed by atoms with Crippen LogP contribution >= 0.6 is 22.6 Å². The largest absolute Gasteiger partial charge is 0.490 e. The van der Waals surface area contributed by atoms with Gasteiger partial charge in [0.1, 0.15) is 12.3 Å². The van der Waals surface area contributed by atoms with E-state index in [-0.39, 0.29) is 12.3 Å². The van der Waals surface area contributed by atoms with Crippen LogP contribution in [0.4, 0.5) is 0 Å². The topological polar surface area (TPSA) is 86.3 Å². The first-order chi connectivity index (χ1) is 13.6. The maximum absolute atomic E-state index is 12.1. The van der Waals surface area contributed by atoms with Gasteiger partial charge >= 0.3 is 5.97 Å². The first-order valence-corrected chi connectivity index (χ1v) is 9.93. The Morgan fingerprint density at radius 2 is 1.86 bits per heavy atom. The molecule has 0 saturated heterocycles. The molecular weight excluding hydrogens is 473 g/mol. The van der Waals surface area contributed by atoms with Crippen LogP contribution in [-0.4, -0.2) is 34.6 Å². The summed E-state index contributed by atoms with van der Waals surface area (Å²) < 4.78 is 17.7. The molecule has 146 valence electrons. The van der Waals surface area contributed by atoms with Crippen molar-refractivity contribution < 1.29 is 19.0 Å². The smallest absolute Gasteiger partial charge is 0.361 e. The molecule has 0 aliphatic heterocycles. The van der Waals surface area contributed by atoms with E-state index < -0.39 is 5.97 Å². The van der Waals surface area contributed by atoms with E-state index in [9.17, 15) is 4.79 Å². The van der Waals surface area contributed by atoms with E-state index in [4.69, 9.17) is 14.2 Å². The molecule has 0 aliphatic rings. The number of carbonyl (C=O) groups excluding carboxylic acids is 1. The van der Waals surface area contributed by atoms with Gasteiger partial charge in [0.2, 0.25) is 0 Å². The Bertz CT molecular complexity index is 944. The zero-order valence-corrected chi connectivity index (χ0v) is 17.7. The molecule has 2 aromatic carbocycles. The number of benzene rings is 2. The Kier molecular flexibility index (Phi) is 6.85. The van der Waals surface area contributed by atoms with Gasteiger partial charge in [0.05, 0.1) is 16.8 Å². The van der Waals surface area contributed by atoms with Crippen LogP contribution in [0.5, 0.6) is 11.5 Å². The van der Waals surface area contributed by atoms with Crippen molar-refractivity contribution in [2.45, 2.75) is 20.5 Å². The van der Waals surface area contributed by atoms with Crippen molar-refractivity contribution in [1.29, 1.82) is 0 Å². The summed E-state index contributed by atoms with van der Waals surface area (Å²) in [5, 5.41) is 10.5. The molecule has 28 heavy (non-hydrogen) atoms. The van der Waals surface area contributed by atoms with E-state index in [0.29, 0.717) is 36.0 Å². The molecule has 0 spiro atoms. The minimum Gasteiger partial charge on any atom is -0.490 e. The number of aromatic nitrogens is 3. The number of nitrogens with zero attached hydrogens (tertiary/aromatic N) is 2. The second-order valence-corrected chi connectivity index (χ2v) is 6.90. The lowest BCUT2D eigenvalue weighted by atomic mass is 10.1. The molecule has 0 saturated carbocycles. The van der Waals surface area contributed by atoms with E-state index in [1.165, 1.54) is 0 Å². The third-order valence-electron chi connectivity index (χ3n) is 3.83. The van der Waals surface area contributed by atoms with Gasteiger partial charge < -0.3 is 14.2 Å². The summed E-state index contributed by atoms with van der Waals surface area (Å²) in [6, 6.07) is 13.6. The average molecular weight is 493 g/mol. The molecule has 1 aromatic heterocycles. The molecule has 8 heteroatoms. The molecule has 3 aromatic rings. The second kappa shape index (κ2) is 9.54. The summed E-state index contributed by atoms with van der Waals surface area (Å²) in [4.78, 5) is 12.1. The molecule has 7 nitrogen and oxygen atoms in total. The van der Waals surface area contributed by atoms with Gasteiger partial charge in [-0.1, -0.05) is 30.3 Å². The van der Waals surface area contributed by atoms with Gasteiger partial charge in [-0.2, -0.15) is 10.3 Å². The highest BCUT2D eigenvalue weighted by molar-refractivity contribution is 14.1. The van der Waals surface area contributed by atoms with Crippen LogP contribution in [-0.2, 0) is 11.3 Å². The normalized spacial score (nSPS) is 10.5. The molecule has 0 bridgehead atoms. The maximum Gasteiger partial charge on any atom is 0.361 e. The van der Waals surface area contributed by atoms with Crippen molar-refractivity contribution in [3.05, 3.63) is 57.3 Å². The summed E-state index contributed by atoms with van der Waals surface area (Å²) >= 11 is 2.19. The summed E-state index contributed by atoms with van der Waals surface area (Å²) in [6.45, 7) is 4.81. The molecule has 0 unspecified atom stereocenters. The number of carbonyl (C=O) groups is 1. The van der Waals surface area contributed by atoms with E-state index in [0.717, 1.165) is 9.13 Å². The predicted octanol–water partition coefficient (Wildman–Crippen LogP) is 4.23. The first-order valence-electron chi connectivity index (χ1n) is 8.85. The van der Waals surface area contributed by atoms with Gasteiger partial charge in [0, 0.05) is 5.56 Å². The number of rotatable bonds is 8. The Morgan fingerprint density at radius 1 is 1.07 bits per heavy atom. The lowest BCUT2D eigenvalue weighted by Gasteiger charge is -2.15. The van der Waals surface area contributed by atoms with E-state index in [1.54, 1.807) is 13.0 Å². The zero-order valence-electron chi connectivity index (χ0n) is 15.6. The van der Waals surface area contributed by atoms with Crippen LogP contribution in [0.2, 0.25) is 0 Å². The highest BCUT2D eigenvalue weighted by Crippen LogP contribution is 2.38. The SMILES string of the molecule is CCOC(=O)c1n[nH]nc1-c1cc(I)c(OCc2ccccc2)c(OCC)c1. The highest BCUT2D eigenvalue weighted by Gasteiger charge is 2.22. The Hall–Kier alpha value is -2.62. The average Bonchev–Trinajstić information content (AvgIpc) is 3.18. The van der Waals surface area contributed by atoms with Crippen LogP contribution in [0.3, 0.4) is 0 Å². The molecule has 0 amide bonds. The van der Waals surface area contributed by atoms with Crippen molar-refractivity contribution in [2.24, 2.45) is 0 Å². The standard InChI is InChI=1S/C20H20IN3O4/c1-3-26-16-11-14(17-18(23-24-22-17)20(25)27-4-2)10-15(21)19(16)28-12-13-8-6-5-7-9-13/h5-11H,3-4,12H2,1-2H3,(H,22,23,24). The first kappa shape index (κ1) is 20.1. The molecular formula is C20H20IN3O4. The fraction of sp³-hybridized carbons (Fsp3) is 0.250. The van der Waals surface area contributed by atoms with Crippen molar-refractivity contribution in [3.63, 3.8) is 0 Å². The fourth-order valence-corrected chi connectivity index (χ4v) is 3.37. The van der Waals surface area contributed by atoms with Gasteiger partial charge in [0.25, 0.3) is 0 Å². The monoisotopic (exact) mass is 493 g/mol. The Balaban J connectivity index is 1.93. The Morgan fingerprint density at radius 3 is 2.57 bits per heavy atom. The van der Waals surface area contributed by atoms with Crippen molar-refractivity contribution >= 4 is 28.6 Å². The summed E-state index contributed by atoms with van der Waals surface area (Å²) in [5.74, 6) is 0.706. The quantitative estimate of drug-likeness (QED) is 0.374. The van der Waals surface area contributed by atoms with Crippen LogP contribution < -0.4 is 9.47 Å². The van der Waals surface area contributed by atoms with Crippen LogP contribution in [0.25, 0.3) is 11.3 Å². The van der Waals surface area contributed by atoms with Gasteiger partial charge in [-0.25, -0.2) is 4.79 Å². The third kappa shape index (κ3) is 4.61. The van der Waals surface area contributed by atoms with Crippen LogP contribution in [0.15, 0.2) is 42.5 Å². The lowest BCUT2D eigenvalue weighted by molar-refractivity contribution is 0.0520. The molecule has 1 N–H and O–H groups in total. The van der Waals surface area contributed by atoms with E-state index >= 15 is 0 Å². The molecule has 3 rings (SSSR count).